The highest BCUT2D eigenvalue weighted by atomic mass is 16.5. The summed E-state index contributed by atoms with van der Waals surface area (Å²) in [6.07, 6.45) is 3.91. The molecule has 1 heterocycles. The Morgan fingerprint density at radius 2 is 2.23 bits per heavy atom. The van der Waals surface area contributed by atoms with E-state index in [-0.39, 0.29) is 0 Å². The molecule has 1 fully saturated rings. The Morgan fingerprint density at radius 3 is 2.77 bits per heavy atom. The van der Waals surface area contributed by atoms with Gasteiger partial charge in [0.1, 0.15) is 0 Å². The fourth-order valence-corrected chi connectivity index (χ4v) is 2.01. The molecule has 1 aliphatic heterocycles. The molecule has 0 spiro atoms. The van der Waals surface area contributed by atoms with Gasteiger partial charge in [-0.2, -0.15) is 0 Å². The van der Waals surface area contributed by atoms with E-state index in [1.54, 1.807) is 7.11 Å². The van der Waals surface area contributed by atoms with Crippen molar-refractivity contribution in [3.8, 4) is 0 Å². The van der Waals surface area contributed by atoms with Crippen LogP contribution >= 0.6 is 0 Å². The van der Waals surface area contributed by atoms with Crippen molar-refractivity contribution in [2.75, 3.05) is 20.3 Å². The average molecular weight is 185 g/mol. The van der Waals surface area contributed by atoms with Gasteiger partial charge < -0.3 is 10.1 Å². The second-order valence-electron chi connectivity index (χ2n) is 4.46. The van der Waals surface area contributed by atoms with E-state index in [1.807, 2.05) is 0 Å². The number of nitrogens with one attached hydrogen (secondary N) is 1. The highest BCUT2D eigenvalue weighted by Gasteiger charge is 2.21. The van der Waals surface area contributed by atoms with E-state index in [0.717, 1.165) is 24.5 Å². The van der Waals surface area contributed by atoms with E-state index >= 15 is 0 Å². The third kappa shape index (κ3) is 3.65. The van der Waals surface area contributed by atoms with Gasteiger partial charge in [0.25, 0.3) is 0 Å². The molecule has 1 rings (SSSR count). The van der Waals surface area contributed by atoms with Gasteiger partial charge in [0.15, 0.2) is 0 Å². The van der Waals surface area contributed by atoms with Crippen LogP contribution in [0, 0.1) is 11.8 Å². The number of rotatable bonds is 4. The molecule has 0 radical (unpaired) electrons. The molecule has 0 aromatic carbocycles. The smallest absolute Gasteiger partial charge is 0.0465 e. The molecule has 1 saturated heterocycles. The maximum Gasteiger partial charge on any atom is 0.0465 e. The summed E-state index contributed by atoms with van der Waals surface area (Å²) in [5.74, 6) is 1.62. The molecular weight excluding hydrogens is 162 g/mol. The number of ether oxygens (including phenoxy) is 1. The van der Waals surface area contributed by atoms with E-state index in [0.29, 0.717) is 0 Å². The highest BCUT2D eigenvalue weighted by Crippen LogP contribution is 2.20. The Bertz CT molecular complexity index is 130. The van der Waals surface area contributed by atoms with Crippen molar-refractivity contribution in [2.24, 2.45) is 11.8 Å². The first-order chi connectivity index (χ1) is 6.24. The van der Waals surface area contributed by atoms with Crippen molar-refractivity contribution in [3.05, 3.63) is 0 Å². The standard InChI is InChI=1S/C11H23NO/c1-9-4-5-11(12-8-9)10(2)6-7-13-3/h9-12H,4-8H2,1-3H3. The Kier molecular flexibility index (Phi) is 4.74. The van der Waals surface area contributed by atoms with E-state index in [1.165, 1.54) is 25.8 Å². The first-order valence-electron chi connectivity index (χ1n) is 5.46. The lowest BCUT2D eigenvalue weighted by atomic mass is 9.88. The highest BCUT2D eigenvalue weighted by molar-refractivity contribution is 4.79. The molecule has 0 aromatic rings. The summed E-state index contributed by atoms with van der Waals surface area (Å²) in [4.78, 5) is 0. The molecule has 0 saturated carbocycles. The molecule has 0 bridgehead atoms. The molecule has 2 heteroatoms. The minimum absolute atomic E-state index is 0.728. The summed E-state index contributed by atoms with van der Waals surface area (Å²) < 4.78 is 5.10. The van der Waals surface area contributed by atoms with Gasteiger partial charge in [0.2, 0.25) is 0 Å². The lowest BCUT2D eigenvalue weighted by Crippen LogP contribution is -2.42. The van der Waals surface area contributed by atoms with Crippen LogP contribution < -0.4 is 5.32 Å². The molecule has 78 valence electrons. The van der Waals surface area contributed by atoms with Crippen LogP contribution in [0.1, 0.15) is 33.1 Å². The molecular formula is C11H23NO. The molecule has 0 aromatic heterocycles. The zero-order valence-electron chi connectivity index (χ0n) is 9.18. The Balaban J connectivity index is 2.19. The predicted molar refractivity (Wildman–Crippen MR) is 55.8 cm³/mol. The third-order valence-corrected chi connectivity index (χ3v) is 3.16. The van der Waals surface area contributed by atoms with Crippen LogP contribution in [0.3, 0.4) is 0 Å². The number of hydrogen-bond donors (Lipinski definition) is 1. The topological polar surface area (TPSA) is 21.3 Å². The third-order valence-electron chi connectivity index (χ3n) is 3.16. The molecule has 13 heavy (non-hydrogen) atoms. The molecule has 1 N–H and O–H groups in total. The van der Waals surface area contributed by atoms with Gasteiger partial charge in [-0.1, -0.05) is 13.8 Å². The van der Waals surface area contributed by atoms with Crippen molar-refractivity contribution in [3.63, 3.8) is 0 Å². The molecule has 3 atom stereocenters. The van der Waals surface area contributed by atoms with Crippen molar-refractivity contribution in [1.82, 2.24) is 5.32 Å². The van der Waals surface area contributed by atoms with Crippen LogP contribution in [0.4, 0.5) is 0 Å². The lowest BCUT2D eigenvalue weighted by molar-refractivity contribution is 0.160. The summed E-state index contributed by atoms with van der Waals surface area (Å²) in [6, 6.07) is 0.728. The molecule has 1 aliphatic rings. The minimum Gasteiger partial charge on any atom is -0.385 e. The van der Waals surface area contributed by atoms with Gasteiger partial charge in [0, 0.05) is 19.8 Å². The lowest BCUT2D eigenvalue weighted by Gasteiger charge is -2.32. The maximum absolute atomic E-state index is 5.10. The quantitative estimate of drug-likeness (QED) is 0.723. The predicted octanol–water partition coefficient (Wildman–Crippen LogP) is 2.05. The largest absolute Gasteiger partial charge is 0.385 e. The van der Waals surface area contributed by atoms with Crippen LogP contribution in [-0.4, -0.2) is 26.3 Å². The normalized spacial score (nSPS) is 31.6. The minimum atomic E-state index is 0.728. The summed E-state index contributed by atoms with van der Waals surface area (Å²) in [5, 5.41) is 3.62. The first kappa shape index (κ1) is 11.0. The summed E-state index contributed by atoms with van der Waals surface area (Å²) in [5.41, 5.74) is 0. The van der Waals surface area contributed by atoms with Crippen LogP contribution in [0.2, 0.25) is 0 Å². The second-order valence-corrected chi connectivity index (χ2v) is 4.46. The summed E-state index contributed by atoms with van der Waals surface area (Å²) in [6.45, 7) is 6.74. The monoisotopic (exact) mass is 185 g/mol. The van der Waals surface area contributed by atoms with Crippen LogP contribution in [0.15, 0.2) is 0 Å². The van der Waals surface area contributed by atoms with Crippen LogP contribution in [0.5, 0.6) is 0 Å². The van der Waals surface area contributed by atoms with E-state index < -0.39 is 0 Å². The summed E-state index contributed by atoms with van der Waals surface area (Å²) in [7, 11) is 1.78. The first-order valence-corrected chi connectivity index (χ1v) is 5.46. The molecule has 0 aliphatic carbocycles. The van der Waals surface area contributed by atoms with Crippen LogP contribution in [-0.2, 0) is 4.74 Å². The Morgan fingerprint density at radius 1 is 1.46 bits per heavy atom. The molecule has 2 nitrogen and oxygen atoms in total. The van der Waals surface area contributed by atoms with Crippen LogP contribution in [0.25, 0.3) is 0 Å². The van der Waals surface area contributed by atoms with Gasteiger partial charge in [0.05, 0.1) is 0 Å². The van der Waals surface area contributed by atoms with Gasteiger partial charge in [-0.3, -0.25) is 0 Å². The number of methoxy groups -OCH3 is 1. The molecule has 0 amide bonds. The van der Waals surface area contributed by atoms with Crippen molar-refractivity contribution >= 4 is 0 Å². The van der Waals surface area contributed by atoms with E-state index in [2.05, 4.69) is 19.2 Å². The van der Waals surface area contributed by atoms with Crippen molar-refractivity contribution < 1.29 is 4.74 Å². The van der Waals surface area contributed by atoms with Crippen molar-refractivity contribution in [1.29, 1.82) is 0 Å². The fourth-order valence-electron chi connectivity index (χ4n) is 2.01. The number of hydrogen-bond acceptors (Lipinski definition) is 2. The Hall–Kier alpha value is -0.0800. The second kappa shape index (κ2) is 5.61. The maximum atomic E-state index is 5.10. The zero-order valence-corrected chi connectivity index (χ0v) is 9.18. The average Bonchev–Trinajstić information content (AvgIpc) is 2.15. The summed E-state index contributed by atoms with van der Waals surface area (Å²) >= 11 is 0. The van der Waals surface area contributed by atoms with Crippen molar-refractivity contribution in [2.45, 2.75) is 39.2 Å². The Labute approximate surface area is 82.0 Å². The van der Waals surface area contributed by atoms with Gasteiger partial charge >= 0.3 is 0 Å². The van der Waals surface area contributed by atoms with E-state index in [4.69, 9.17) is 4.74 Å². The fraction of sp³-hybridized carbons (Fsp3) is 1.00. The van der Waals surface area contributed by atoms with Gasteiger partial charge in [-0.15, -0.1) is 0 Å². The van der Waals surface area contributed by atoms with Gasteiger partial charge in [-0.05, 0) is 37.6 Å². The SMILES string of the molecule is COCCC(C)C1CCC(C)CN1. The van der Waals surface area contributed by atoms with Gasteiger partial charge in [-0.25, -0.2) is 0 Å². The number of piperidine rings is 1. The molecule has 3 unspecified atom stereocenters. The zero-order chi connectivity index (χ0) is 9.68. The van der Waals surface area contributed by atoms with E-state index in [9.17, 15) is 0 Å².